The molecule has 1 unspecified atom stereocenters. The summed E-state index contributed by atoms with van der Waals surface area (Å²) in [5.74, 6) is 5.88. The minimum Gasteiger partial charge on any atom is -0.398 e. The maximum Gasteiger partial charge on any atom is 0.0726 e. The molecule has 0 bridgehead atoms. The molecule has 1 nitrogen and oxygen atoms in total. The number of anilines is 1. The van der Waals surface area contributed by atoms with Crippen molar-refractivity contribution in [2.45, 2.75) is 5.41 Å². The molecule has 32 heavy (non-hydrogen) atoms. The highest BCUT2D eigenvalue weighted by Crippen LogP contribution is 2.63. The first-order valence-electron chi connectivity index (χ1n) is 10.8. The van der Waals surface area contributed by atoms with Crippen LogP contribution in [0.5, 0.6) is 0 Å². The molecule has 0 fully saturated rings. The number of nitrogen functional groups attached to an aromatic ring is 1. The van der Waals surface area contributed by atoms with E-state index in [2.05, 4.69) is 103 Å². The van der Waals surface area contributed by atoms with E-state index in [9.17, 15) is 0 Å². The maximum absolute atomic E-state index is 6.57. The minimum absolute atomic E-state index is 0.371. The molecule has 1 heteroatoms. The summed E-state index contributed by atoms with van der Waals surface area (Å²) in [7, 11) is 0. The first-order chi connectivity index (χ1) is 15.8. The summed E-state index contributed by atoms with van der Waals surface area (Å²) in [6.07, 6.45) is 5.55. The molecule has 0 saturated carbocycles. The number of allylic oxidation sites excluding steroid dienone is 2. The van der Waals surface area contributed by atoms with Crippen LogP contribution in [-0.2, 0) is 5.41 Å². The van der Waals surface area contributed by atoms with Crippen LogP contribution in [0.4, 0.5) is 5.69 Å². The fourth-order valence-electron chi connectivity index (χ4n) is 5.58. The van der Waals surface area contributed by atoms with E-state index in [0.717, 1.165) is 16.8 Å². The molecule has 1 atom stereocenters. The average molecular weight is 408 g/mol. The second-order valence-corrected chi connectivity index (χ2v) is 8.24. The van der Waals surface area contributed by atoms with Crippen LogP contribution in [0.15, 0.2) is 104 Å². The maximum atomic E-state index is 6.57. The van der Waals surface area contributed by atoms with E-state index in [1.807, 2.05) is 12.1 Å². The van der Waals surface area contributed by atoms with E-state index in [1.165, 1.54) is 38.9 Å². The normalized spacial score (nSPS) is 16.8. The zero-order chi connectivity index (χ0) is 21.7. The summed E-state index contributed by atoms with van der Waals surface area (Å²) >= 11 is 0. The van der Waals surface area contributed by atoms with E-state index in [0.29, 0.717) is 0 Å². The second kappa shape index (κ2) is 6.87. The molecular formula is C31H21N. The third-order valence-corrected chi connectivity index (χ3v) is 6.71. The van der Waals surface area contributed by atoms with Crippen LogP contribution in [0.3, 0.4) is 0 Å². The second-order valence-electron chi connectivity index (χ2n) is 8.24. The molecule has 4 aromatic carbocycles. The molecule has 0 aromatic heterocycles. The fourth-order valence-corrected chi connectivity index (χ4v) is 5.58. The SMILES string of the molecule is C=CC#C/C=C\c1ccc2c(c1)C1(c3ccccc3-2)c2ccccc2-c2c(N)cccc21. The van der Waals surface area contributed by atoms with Crippen LogP contribution >= 0.6 is 0 Å². The number of nitrogens with two attached hydrogens (primary N) is 1. The van der Waals surface area contributed by atoms with E-state index in [1.54, 1.807) is 6.08 Å². The van der Waals surface area contributed by atoms with Crippen molar-refractivity contribution in [1.82, 2.24) is 0 Å². The standard InChI is InChI=1S/C31H21N/c1-2-3-4-5-11-21-18-19-23-22-12-6-8-14-25(22)31(28(23)20-21)26-15-9-7-13-24(26)30-27(31)16-10-17-29(30)32/h2,5-20H,1,32H2/b11-5-. The molecule has 0 aliphatic heterocycles. The van der Waals surface area contributed by atoms with E-state index >= 15 is 0 Å². The highest BCUT2D eigenvalue weighted by Gasteiger charge is 2.51. The Morgan fingerprint density at radius 2 is 1.38 bits per heavy atom. The van der Waals surface area contributed by atoms with Gasteiger partial charge in [-0.3, -0.25) is 0 Å². The molecule has 1 spiro atoms. The molecule has 0 saturated heterocycles. The molecule has 150 valence electrons. The monoisotopic (exact) mass is 407 g/mol. The minimum atomic E-state index is -0.371. The zero-order valence-corrected chi connectivity index (χ0v) is 17.6. The van der Waals surface area contributed by atoms with Gasteiger partial charge in [-0.1, -0.05) is 91.2 Å². The Hall–Kier alpha value is -4.28. The Labute approximate surface area is 188 Å². The molecule has 2 N–H and O–H groups in total. The van der Waals surface area contributed by atoms with Crippen molar-refractivity contribution in [3.63, 3.8) is 0 Å². The van der Waals surface area contributed by atoms with Crippen molar-refractivity contribution >= 4 is 11.8 Å². The molecule has 0 amide bonds. The molecule has 4 aromatic rings. The van der Waals surface area contributed by atoms with E-state index in [4.69, 9.17) is 5.73 Å². The zero-order valence-electron chi connectivity index (χ0n) is 17.6. The van der Waals surface area contributed by atoms with Crippen LogP contribution in [0.1, 0.15) is 27.8 Å². The van der Waals surface area contributed by atoms with Crippen LogP contribution in [-0.4, -0.2) is 0 Å². The molecule has 2 aliphatic rings. The summed E-state index contributed by atoms with van der Waals surface area (Å²) in [5.41, 5.74) is 18.3. The first-order valence-corrected chi connectivity index (χ1v) is 10.8. The van der Waals surface area contributed by atoms with Crippen molar-refractivity contribution in [2.24, 2.45) is 0 Å². The number of fused-ring (bicyclic) bond motifs is 10. The van der Waals surface area contributed by atoms with E-state index < -0.39 is 0 Å². The van der Waals surface area contributed by atoms with Gasteiger partial charge in [0.05, 0.1) is 5.41 Å². The number of hydrogen-bond donors (Lipinski definition) is 1. The Balaban J connectivity index is 1.73. The van der Waals surface area contributed by atoms with Gasteiger partial charge in [0.15, 0.2) is 0 Å². The predicted molar refractivity (Wildman–Crippen MR) is 134 cm³/mol. The summed E-state index contributed by atoms with van der Waals surface area (Å²) in [6, 6.07) is 30.6. The van der Waals surface area contributed by atoms with Crippen LogP contribution in [0.25, 0.3) is 28.3 Å². The lowest BCUT2D eigenvalue weighted by Gasteiger charge is -2.30. The Kier molecular flexibility index (Phi) is 3.97. The highest BCUT2D eigenvalue weighted by atomic mass is 14.6. The van der Waals surface area contributed by atoms with Gasteiger partial charge >= 0.3 is 0 Å². The Bertz CT molecular complexity index is 1510. The number of hydrogen-bond acceptors (Lipinski definition) is 1. The summed E-state index contributed by atoms with van der Waals surface area (Å²) in [5, 5.41) is 0. The lowest BCUT2D eigenvalue weighted by atomic mass is 9.70. The average Bonchev–Trinajstić information content (AvgIpc) is 3.30. The Morgan fingerprint density at radius 1 is 0.688 bits per heavy atom. The van der Waals surface area contributed by atoms with Gasteiger partial charge in [-0.15, -0.1) is 0 Å². The number of rotatable bonds is 1. The molecule has 2 aliphatic carbocycles. The van der Waals surface area contributed by atoms with Gasteiger partial charge in [0, 0.05) is 11.3 Å². The van der Waals surface area contributed by atoms with Crippen LogP contribution in [0, 0.1) is 11.8 Å². The predicted octanol–water partition coefficient (Wildman–Crippen LogP) is 6.81. The molecule has 6 rings (SSSR count). The summed E-state index contributed by atoms with van der Waals surface area (Å²) in [6.45, 7) is 3.66. The van der Waals surface area contributed by atoms with Gasteiger partial charge in [0.25, 0.3) is 0 Å². The quantitative estimate of drug-likeness (QED) is 0.235. The van der Waals surface area contributed by atoms with Gasteiger partial charge in [-0.2, -0.15) is 0 Å². The van der Waals surface area contributed by atoms with Crippen molar-refractivity contribution in [2.75, 3.05) is 5.73 Å². The van der Waals surface area contributed by atoms with Gasteiger partial charge in [0.2, 0.25) is 0 Å². The van der Waals surface area contributed by atoms with Crippen LogP contribution in [0.2, 0.25) is 0 Å². The molecule has 0 radical (unpaired) electrons. The molecular weight excluding hydrogens is 386 g/mol. The van der Waals surface area contributed by atoms with Crippen molar-refractivity contribution in [1.29, 1.82) is 0 Å². The number of benzene rings is 4. The smallest absolute Gasteiger partial charge is 0.0726 e. The summed E-state index contributed by atoms with van der Waals surface area (Å²) < 4.78 is 0. The highest BCUT2D eigenvalue weighted by molar-refractivity contribution is 5.98. The lowest BCUT2D eigenvalue weighted by molar-refractivity contribution is 0.793. The topological polar surface area (TPSA) is 26.0 Å². The molecule has 0 heterocycles. The van der Waals surface area contributed by atoms with Crippen molar-refractivity contribution in [3.8, 4) is 34.1 Å². The lowest BCUT2D eigenvalue weighted by Crippen LogP contribution is -2.26. The van der Waals surface area contributed by atoms with E-state index in [-0.39, 0.29) is 5.41 Å². The Morgan fingerprint density at radius 3 is 2.19 bits per heavy atom. The van der Waals surface area contributed by atoms with Gasteiger partial charge in [-0.05, 0) is 74.9 Å². The third-order valence-electron chi connectivity index (χ3n) is 6.71. The largest absolute Gasteiger partial charge is 0.398 e. The van der Waals surface area contributed by atoms with Crippen molar-refractivity contribution < 1.29 is 0 Å². The van der Waals surface area contributed by atoms with Crippen LogP contribution < -0.4 is 5.73 Å². The van der Waals surface area contributed by atoms with Gasteiger partial charge in [0.1, 0.15) is 0 Å². The third kappa shape index (κ3) is 2.30. The summed E-state index contributed by atoms with van der Waals surface area (Å²) in [4.78, 5) is 0. The van der Waals surface area contributed by atoms with Crippen molar-refractivity contribution in [3.05, 3.63) is 131 Å². The first kappa shape index (κ1) is 18.5. The fraction of sp³-hybridized carbons (Fsp3) is 0.0323. The van der Waals surface area contributed by atoms with Gasteiger partial charge in [-0.25, -0.2) is 0 Å². The van der Waals surface area contributed by atoms with Gasteiger partial charge < -0.3 is 5.73 Å².